The molecule has 0 radical (unpaired) electrons. The zero-order chi connectivity index (χ0) is 19.3. The van der Waals surface area contributed by atoms with Gasteiger partial charge in [-0.1, -0.05) is 30.7 Å². The van der Waals surface area contributed by atoms with E-state index in [1.165, 1.54) is 47.7 Å². The molecule has 1 fully saturated rings. The van der Waals surface area contributed by atoms with Crippen molar-refractivity contribution in [1.82, 2.24) is 9.80 Å². The summed E-state index contributed by atoms with van der Waals surface area (Å²) in [6, 6.07) is 15.8. The molecule has 0 bridgehead atoms. The standard InChI is InChI=1S/C23H26N2O2S.BrH/c26-22-20-10-2-3-11-21(20)23(27)25(22)14-7-15-28-19-9-6-8-18(16-19)17-24-12-4-1-5-13-24;/h2-3,6,8-11,16H,1,4-5,7,12-15,17H2;1H. The quantitative estimate of drug-likeness (QED) is 0.320. The SMILES string of the molecule is Br.O=C1c2ccccc2C(=O)N1CCCSc1cccc(CN2CCCCC2)c1. The van der Waals surface area contributed by atoms with E-state index in [0.717, 1.165) is 18.7 Å². The third-order valence-electron chi connectivity index (χ3n) is 5.43. The average Bonchev–Trinajstić information content (AvgIpc) is 2.97. The molecular formula is C23H27BrN2O2S. The molecule has 2 heterocycles. The summed E-state index contributed by atoms with van der Waals surface area (Å²) in [6.07, 6.45) is 4.78. The largest absolute Gasteiger partial charge is 0.299 e. The molecular weight excluding hydrogens is 448 g/mol. The number of fused-ring (bicyclic) bond motifs is 1. The number of hydrogen-bond donors (Lipinski definition) is 0. The molecule has 2 aliphatic rings. The average molecular weight is 475 g/mol. The van der Waals surface area contributed by atoms with Crippen molar-refractivity contribution in [2.75, 3.05) is 25.4 Å². The molecule has 0 N–H and O–H groups in total. The molecule has 4 rings (SSSR count). The van der Waals surface area contributed by atoms with Crippen LogP contribution in [0.1, 0.15) is 52.0 Å². The Morgan fingerprint density at radius 3 is 2.24 bits per heavy atom. The Morgan fingerprint density at radius 2 is 1.55 bits per heavy atom. The lowest BCUT2D eigenvalue weighted by Crippen LogP contribution is -2.31. The number of likely N-dealkylation sites (tertiary alicyclic amines) is 1. The van der Waals surface area contributed by atoms with Crippen LogP contribution in [0.15, 0.2) is 53.4 Å². The first kappa shape index (κ1) is 22.1. The van der Waals surface area contributed by atoms with Crippen LogP contribution in [-0.2, 0) is 6.54 Å². The maximum absolute atomic E-state index is 12.4. The predicted molar refractivity (Wildman–Crippen MR) is 123 cm³/mol. The number of imide groups is 1. The Balaban J connectivity index is 0.00000240. The number of carbonyl (C=O) groups excluding carboxylic acids is 2. The van der Waals surface area contributed by atoms with Gasteiger partial charge < -0.3 is 0 Å². The third kappa shape index (κ3) is 5.30. The molecule has 154 valence electrons. The minimum absolute atomic E-state index is 0. The second-order valence-corrected chi connectivity index (χ2v) is 8.66. The van der Waals surface area contributed by atoms with Crippen molar-refractivity contribution < 1.29 is 9.59 Å². The third-order valence-corrected chi connectivity index (χ3v) is 6.51. The van der Waals surface area contributed by atoms with E-state index in [1.54, 1.807) is 36.0 Å². The van der Waals surface area contributed by atoms with Gasteiger partial charge in [-0.3, -0.25) is 19.4 Å². The lowest BCUT2D eigenvalue weighted by atomic mass is 10.1. The number of nitrogens with zero attached hydrogens (tertiary/aromatic N) is 2. The van der Waals surface area contributed by atoms with Crippen molar-refractivity contribution in [3.63, 3.8) is 0 Å². The van der Waals surface area contributed by atoms with E-state index < -0.39 is 0 Å². The van der Waals surface area contributed by atoms with Crippen molar-refractivity contribution in [2.24, 2.45) is 0 Å². The summed E-state index contributed by atoms with van der Waals surface area (Å²) in [4.78, 5) is 30.0. The first-order valence-electron chi connectivity index (χ1n) is 10.1. The summed E-state index contributed by atoms with van der Waals surface area (Å²) in [5.74, 6) is 0.573. The van der Waals surface area contributed by atoms with Gasteiger partial charge in [-0.15, -0.1) is 28.7 Å². The highest BCUT2D eigenvalue weighted by molar-refractivity contribution is 8.93. The molecule has 0 saturated carbocycles. The number of rotatable bonds is 7. The van der Waals surface area contributed by atoms with Crippen LogP contribution in [0.4, 0.5) is 0 Å². The van der Waals surface area contributed by atoms with E-state index >= 15 is 0 Å². The van der Waals surface area contributed by atoms with Gasteiger partial charge in [0.05, 0.1) is 11.1 Å². The second kappa shape index (κ2) is 10.4. The Bertz CT molecular complexity index is 832. The fourth-order valence-corrected chi connectivity index (χ4v) is 4.88. The van der Waals surface area contributed by atoms with E-state index in [4.69, 9.17) is 0 Å². The Morgan fingerprint density at radius 1 is 0.862 bits per heavy atom. The fraction of sp³-hybridized carbons (Fsp3) is 0.391. The smallest absolute Gasteiger partial charge is 0.261 e. The molecule has 0 atom stereocenters. The van der Waals surface area contributed by atoms with Crippen molar-refractivity contribution in [1.29, 1.82) is 0 Å². The molecule has 29 heavy (non-hydrogen) atoms. The van der Waals surface area contributed by atoms with E-state index in [2.05, 4.69) is 29.2 Å². The van der Waals surface area contributed by atoms with Crippen LogP contribution in [0.2, 0.25) is 0 Å². The Hall–Kier alpha value is -1.63. The van der Waals surface area contributed by atoms with Gasteiger partial charge in [-0.25, -0.2) is 0 Å². The number of halogens is 1. The molecule has 2 amide bonds. The number of thioether (sulfide) groups is 1. The number of hydrogen-bond acceptors (Lipinski definition) is 4. The van der Waals surface area contributed by atoms with Crippen molar-refractivity contribution in [3.05, 3.63) is 65.2 Å². The lowest BCUT2D eigenvalue weighted by Gasteiger charge is -2.26. The zero-order valence-electron chi connectivity index (χ0n) is 16.5. The van der Waals surface area contributed by atoms with Crippen molar-refractivity contribution in [3.8, 4) is 0 Å². The van der Waals surface area contributed by atoms with Crippen LogP contribution < -0.4 is 0 Å². The predicted octanol–water partition coefficient (Wildman–Crippen LogP) is 5.03. The number of benzene rings is 2. The fourth-order valence-electron chi connectivity index (χ4n) is 3.96. The molecule has 1 saturated heterocycles. The monoisotopic (exact) mass is 474 g/mol. The molecule has 2 aromatic carbocycles. The molecule has 0 aliphatic carbocycles. The lowest BCUT2D eigenvalue weighted by molar-refractivity contribution is 0.0655. The first-order valence-corrected chi connectivity index (χ1v) is 11.1. The van der Waals surface area contributed by atoms with Crippen molar-refractivity contribution in [2.45, 2.75) is 37.1 Å². The van der Waals surface area contributed by atoms with Crippen LogP contribution in [0.5, 0.6) is 0 Å². The van der Waals surface area contributed by atoms with Gasteiger partial charge in [0.1, 0.15) is 0 Å². The van der Waals surface area contributed by atoms with Crippen LogP contribution in [0, 0.1) is 0 Å². The topological polar surface area (TPSA) is 40.6 Å². The first-order chi connectivity index (χ1) is 13.7. The minimum Gasteiger partial charge on any atom is -0.299 e. The van der Waals surface area contributed by atoms with Crippen molar-refractivity contribution >= 4 is 40.6 Å². The molecule has 0 spiro atoms. The summed E-state index contributed by atoms with van der Waals surface area (Å²) in [5, 5.41) is 0. The van der Waals surface area contributed by atoms with Crippen LogP contribution in [0.25, 0.3) is 0 Å². The highest BCUT2D eigenvalue weighted by atomic mass is 79.9. The summed E-state index contributed by atoms with van der Waals surface area (Å²) in [5.41, 5.74) is 2.43. The van der Waals surface area contributed by atoms with E-state index in [0.29, 0.717) is 17.7 Å². The highest BCUT2D eigenvalue weighted by Crippen LogP contribution is 2.25. The Labute approximate surface area is 187 Å². The molecule has 6 heteroatoms. The van der Waals surface area contributed by atoms with E-state index in [-0.39, 0.29) is 28.8 Å². The Kier molecular flexibility index (Phi) is 7.92. The number of amides is 2. The van der Waals surface area contributed by atoms with E-state index in [1.807, 2.05) is 0 Å². The van der Waals surface area contributed by atoms with Gasteiger partial charge in [0.25, 0.3) is 11.8 Å². The molecule has 2 aromatic rings. The summed E-state index contributed by atoms with van der Waals surface area (Å²) >= 11 is 1.80. The minimum atomic E-state index is -0.158. The van der Waals surface area contributed by atoms with Crippen LogP contribution in [-0.4, -0.2) is 47.0 Å². The van der Waals surface area contributed by atoms with Gasteiger partial charge in [-0.2, -0.15) is 0 Å². The van der Waals surface area contributed by atoms with E-state index in [9.17, 15) is 9.59 Å². The molecule has 0 aromatic heterocycles. The molecule has 0 unspecified atom stereocenters. The van der Waals surface area contributed by atoms with Gasteiger partial charge in [0, 0.05) is 18.0 Å². The van der Waals surface area contributed by atoms with Gasteiger partial charge in [-0.05, 0) is 67.9 Å². The van der Waals surface area contributed by atoms with Gasteiger partial charge in [0.15, 0.2) is 0 Å². The second-order valence-electron chi connectivity index (χ2n) is 7.49. The normalized spacial score (nSPS) is 16.6. The maximum Gasteiger partial charge on any atom is 0.261 e. The number of carbonyl (C=O) groups is 2. The van der Waals surface area contributed by atoms with Crippen LogP contribution >= 0.6 is 28.7 Å². The van der Waals surface area contributed by atoms with Gasteiger partial charge in [0.2, 0.25) is 0 Å². The van der Waals surface area contributed by atoms with Crippen LogP contribution in [0.3, 0.4) is 0 Å². The highest BCUT2D eigenvalue weighted by Gasteiger charge is 2.34. The molecule has 4 nitrogen and oxygen atoms in total. The maximum atomic E-state index is 12.4. The number of piperidine rings is 1. The summed E-state index contributed by atoms with van der Waals surface area (Å²) in [7, 11) is 0. The summed E-state index contributed by atoms with van der Waals surface area (Å²) in [6.45, 7) is 3.92. The van der Waals surface area contributed by atoms with Gasteiger partial charge >= 0.3 is 0 Å². The molecule has 2 aliphatic heterocycles. The zero-order valence-corrected chi connectivity index (χ0v) is 19.0. The summed E-state index contributed by atoms with van der Waals surface area (Å²) < 4.78 is 0.